The Labute approximate surface area is 52.5 Å². The minimum Gasteiger partial charge on any atom is -0.317 e. The molecule has 2 unspecified atom stereocenters. The molecule has 0 rings (SSSR count). The van der Waals surface area contributed by atoms with Crippen LogP contribution < -0.4 is 5.32 Å². The van der Waals surface area contributed by atoms with Gasteiger partial charge in [-0.15, -0.1) is 0 Å². The summed E-state index contributed by atoms with van der Waals surface area (Å²) in [5.41, 5.74) is 0. The summed E-state index contributed by atoms with van der Waals surface area (Å²) in [7, 11) is 1.91. The van der Waals surface area contributed by atoms with Gasteiger partial charge in [-0.25, -0.2) is 0 Å². The van der Waals surface area contributed by atoms with E-state index in [2.05, 4.69) is 12.2 Å². The highest BCUT2D eigenvalue weighted by atomic mass is 14.9. The van der Waals surface area contributed by atoms with Crippen LogP contribution in [0.3, 0.4) is 0 Å². The molecule has 0 aromatic carbocycles. The molecular weight excluding hydrogens is 98.1 g/mol. The summed E-state index contributed by atoms with van der Waals surface area (Å²) in [5.74, 6) is 0.181. The topological polar surface area (TPSA) is 12.0 Å². The molecule has 8 heavy (non-hydrogen) atoms. The van der Waals surface area contributed by atoms with E-state index in [1.54, 1.807) is 0 Å². The van der Waals surface area contributed by atoms with Crippen LogP contribution in [0.2, 0.25) is 0 Å². The maximum Gasteiger partial charge on any atom is 0.00695 e. The third-order valence-corrected chi connectivity index (χ3v) is 1.42. The zero-order chi connectivity index (χ0) is 6.57. The van der Waals surface area contributed by atoms with Crippen molar-refractivity contribution in [2.24, 2.45) is 5.92 Å². The van der Waals surface area contributed by atoms with E-state index in [-0.39, 0.29) is 5.92 Å². The summed E-state index contributed by atoms with van der Waals surface area (Å²) in [5, 5.41) is 3.06. The Morgan fingerprint density at radius 1 is 1.62 bits per heavy atom. The first-order valence-electron chi connectivity index (χ1n) is 2.94. The molecule has 0 heterocycles. The van der Waals surface area contributed by atoms with Gasteiger partial charge in [0.2, 0.25) is 0 Å². The molecule has 0 fully saturated rings. The van der Waals surface area contributed by atoms with Gasteiger partial charge in [-0.3, -0.25) is 0 Å². The first-order valence-corrected chi connectivity index (χ1v) is 2.94. The van der Waals surface area contributed by atoms with Crippen molar-refractivity contribution in [1.29, 1.82) is 0 Å². The van der Waals surface area contributed by atoms with Crippen molar-refractivity contribution in [2.45, 2.75) is 19.9 Å². The molecule has 47 valence electrons. The minimum absolute atomic E-state index is 0.181. The van der Waals surface area contributed by atoms with Crippen molar-refractivity contribution in [3.05, 3.63) is 13.3 Å². The molecule has 0 aliphatic rings. The Bertz CT molecular complexity index is 44.3. The smallest absolute Gasteiger partial charge is 0.00695 e. The summed E-state index contributed by atoms with van der Waals surface area (Å²) in [6, 6.07) is 0.389. The Kier molecular flexibility index (Phi) is 3.88. The molecule has 1 nitrogen and oxygen atoms in total. The average Bonchev–Trinajstić information content (AvgIpc) is 1.84. The lowest BCUT2D eigenvalue weighted by Gasteiger charge is -2.15. The van der Waals surface area contributed by atoms with Crippen LogP contribution in [0.25, 0.3) is 0 Å². The summed E-state index contributed by atoms with van der Waals surface area (Å²) < 4.78 is 0. The highest BCUT2D eigenvalue weighted by molar-refractivity contribution is 4.81. The number of nitrogens with one attached hydrogen (secondary N) is 1. The Hall–Kier alpha value is -0.0400. The number of rotatable bonds is 3. The van der Waals surface area contributed by atoms with E-state index in [1.165, 1.54) is 0 Å². The molecule has 2 atom stereocenters. The van der Waals surface area contributed by atoms with Crippen LogP contribution in [-0.4, -0.2) is 13.1 Å². The third-order valence-electron chi connectivity index (χ3n) is 1.42. The van der Waals surface area contributed by atoms with Gasteiger partial charge in [0.05, 0.1) is 0 Å². The van der Waals surface area contributed by atoms with Crippen molar-refractivity contribution in [3.63, 3.8) is 0 Å². The molecule has 0 aliphatic carbocycles. The van der Waals surface area contributed by atoms with Crippen LogP contribution in [0.4, 0.5) is 0 Å². The number of hydrogen-bond donors (Lipinski definition) is 1. The molecule has 3 radical (unpaired) electrons. The van der Waals surface area contributed by atoms with Gasteiger partial charge in [0.25, 0.3) is 0 Å². The van der Waals surface area contributed by atoms with Crippen LogP contribution in [0.1, 0.15) is 13.8 Å². The normalized spacial score (nSPS) is 18.0. The quantitative estimate of drug-likeness (QED) is 0.577. The van der Waals surface area contributed by atoms with E-state index in [9.17, 15) is 0 Å². The highest BCUT2D eigenvalue weighted by Crippen LogP contribution is 2.03. The second-order valence-corrected chi connectivity index (χ2v) is 1.99. The van der Waals surface area contributed by atoms with Crippen LogP contribution in [0, 0.1) is 19.3 Å². The van der Waals surface area contributed by atoms with Gasteiger partial charge in [0.15, 0.2) is 0 Å². The second kappa shape index (κ2) is 3.90. The second-order valence-electron chi connectivity index (χ2n) is 1.99. The van der Waals surface area contributed by atoms with Crippen LogP contribution in [-0.2, 0) is 0 Å². The Balaban J connectivity index is 3.29. The molecule has 0 amide bonds. The molecule has 0 aromatic rings. The van der Waals surface area contributed by atoms with Crippen molar-refractivity contribution < 1.29 is 0 Å². The predicted octanol–water partition coefficient (Wildman–Crippen LogP) is 1.15. The SMILES string of the molecule is [CH]C([CH]C)C(C)NC. The fraction of sp³-hybridized carbons (Fsp3) is 0.714. The molecule has 0 bridgehead atoms. The van der Waals surface area contributed by atoms with Gasteiger partial charge in [-0.2, -0.15) is 0 Å². The molecule has 0 aliphatic heterocycles. The fourth-order valence-electron chi connectivity index (χ4n) is 0.481. The van der Waals surface area contributed by atoms with E-state index < -0.39 is 0 Å². The van der Waals surface area contributed by atoms with Gasteiger partial charge in [0, 0.05) is 6.04 Å². The molecule has 1 N–H and O–H groups in total. The molecule has 0 saturated heterocycles. The summed E-state index contributed by atoms with van der Waals surface area (Å²) in [6.45, 7) is 9.64. The van der Waals surface area contributed by atoms with E-state index in [0.717, 1.165) is 0 Å². The molecule has 0 spiro atoms. The summed E-state index contributed by atoms with van der Waals surface area (Å²) in [6.07, 6.45) is 1.99. The van der Waals surface area contributed by atoms with Gasteiger partial charge >= 0.3 is 0 Å². The standard InChI is InChI=1S/C7H14N/c1-5-6(2)7(3)8-4/h2,5-8H,1,3-4H3. The summed E-state index contributed by atoms with van der Waals surface area (Å²) >= 11 is 0. The highest BCUT2D eigenvalue weighted by Gasteiger charge is 2.05. The first kappa shape index (κ1) is 7.96. The minimum atomic E-state index is 0.181. The average molecular weight is 112 g/mol. The first-order chi connectivity index (χ1) is 3.72. The zero-order valence-electron chi connectivity index (χ0n) is 5.81. The van der Waals surface area contributed by atoms with Crippen molar-refractivity contribution in [3.8, 4) is 0 Å². The zero-order valence-corrected chi connectivity index (χ0v) is 5.81. The fourth-order valence-corrected chi connectivity index (χ4v) is 0.481. The maximum atomic E-state index is 5.61. The van der Waals surface area contributed by atoms with E-state index in [1.807, 2.05) is 20.4 Å². The Morgan fingerprint density at radius 2 is 2.12 bits per heavy atom. The molecule has 1 heteroatoms. The van der Waals surface area contributed by atoms with Gasteiger partial charge < -0.3 is 5.32 Å². The lowest BCUT2D eigenvalue weighted by molar-refractivity contribution is 0.510. The largest absolute Gasteiger partial charge is 0.317 e. The molecular formula is C7H14N. The maximum absolute atomic E-state index is 5.61. The van der Waals surface area contributed by atoms with Crippen molar-refractivity contribution >= 4 is 0 Å². The van der Waals surface area contributed by atoms with E-state index in [4.69, 9.17) is 6.92 Å². The van der Waals surface area contributed by atoms with Crippen molar-refractivity contribution in [1.82, 2.24) is 5.32 Å². The third kappa shape index (κ3) is 2.31. The van der Waals surface area contributed by atoms with Gasteiger partial charge in [-0.1, -0.05) is 6.92 Å². The van der Waals surface area contributed by atoms with Gasteiger partial charge in [-0.05, 0) is 33.2 Å². The lowest BCUT2D eigenvalue weighted by Crippen LogP contribution is -2.28. The summed E-state index contributed by atoms with van der Waals surface area (Å²) in [4.78, 5) is 0. The van der Waals surface area contributed by atoms with Crippen molar-refractivity contribution in [2.75, 3.05) is 7.05 Å². The predicted molar refractivity (Wildman–Crippen MR) is 36.3 cm³/mol. The van der Waals surface area contributed by atoms with Crippen LogP contribution in [0.5, 0.6) is 0 Å². The molecule has 0 saturated carbocycles. The molecule has 0 aromatic heterocycles. The number of hydrogen-bond acceptors (Lipinski definition) is 1. The van der Waals surface area contributed by atoms with Crippen LogP contribution in [0.15, 0.2) is 0 Å². The Morgan fingerprint density at radius 3 is 2.25 bits per heavy atom. The van der Waals surface area contributed by atoms with E-state index in [0.29, 0.717) is 6.04 Å². The lowest BCUT2D eigenvalue weighted by atomic mass is 10.0. The monoisotopic (exact) mass is 112 g/mol. The van der Waals surface area contributed by atoms with Crippen LogP contribution >= 0.6 is 0 Å². The van der Waals surface area contributed by atoms with Gasteiger partial charge in [0.1, 0.15) is 0 Å². The van der Waals surface area contributed by atoms with E-state index >= 15 is 0 Å².